The maximum absolute atomic E-state index is 11.1. The highest BCUT2D eigenvalue weighted by Crippen LogP contribution is 2.12. The zero-order chi connectivity index (χ0) is 15.8. The van der Waals surface area contributed by atoms with Crippen LogP contribution in [0.4, 0.5) is 5.69 Å². The topological polar surface area (TPSA) is 73.8 Å². The van der Waals surface area contributed by atoms with Crippen molar-refractivity contribution in [3.63, 3.8) is 0 Å². The Labute approximate surface area is 155 Å². The number of anilines is 1. The lowest BCUT2D eigenvalue weighted by Crippen LogP contribution is -2.40. The summed E-state index contributed by atoms with van der Waals surface area (Å²) in [5.74, 6) is 0.821. The Morgan fingerprint density at radius 3 is 2.43 bits per heavy atom. The van der Waals surface area contributed by atoms with Gasteiger partial charge in [-0.05, 0) is 31.4 Å². The van der Waals surface area contributed by atoms with Crippen LogP contribution in [-0.2, 0) is 10.0 Å². The molecule has 130 valence electrons. The van der Waals surface area contributed by atoms with Crippen LogP contribution in [-0.4, -0.2) is 51.7 Å². The number of benzene rings is 1. The number of para-hydroxylation sites is 1. The summed E-state index contributed by atoms with van der Waals surface area (Å²) < 4.78 is 24.6. The number of piperidine rings is 1. The van der Waals surface area contributed by atoms with E-state index in [0.29, 0.717) is 13.1 Å². The molecule has 0 atom stereocenters. The number of nitrogens with zero attached hydrogens (tertiary/aromatic N) is 2. The quantitative estimate of drug-likeness (QED) is 0.311. The summed E-state index contributed by atoms with van der Waals surface area (Å²) in [5, 5.41) is 3.35. The highest BCUT2D eigenvalue weighted by molar-refractivity contribution is 14.0. The molecule has 1 heterocycles. The number of rotatable bonds is 5. The molecule has 0 aliphatic carbocycles. The molecular weight excluding hydrogens is 427 g/mol. The molecule has 8 heteroatoms. The molecule has 2 rings (SSSR count). The Balaban J connectivity index is 0.00000264. The maximum Gasteiger partial charge on any atom is 0.208 e. The second kappa shape index (κ2) is 10.1. The molecule has 0 amide bonds. The van der Waals surface area contributed by atoms with Crippen molar-refractivity contribution in [2.45, 2.75) is 19.3 Å². The molecule has 1 aliphatic rings. The Bertz CT molecular complexity index is 587. The molecule has 0 radical (unpaired) electrons. The van der Waals surface area contributed by atoms with E-state index in [-0.39, 0.29) is 24.0 Å². The number of aliphatic imine (C=N–C) groups is 1. The molecule has 23 heavy (non-hydrogen) atoms. The van der Waals surface area contributed by atoms with E-state index in [1.165, 1.54) is 6.42 Å². The van der Waals surface area contributed by atoms with Gasteiger partial charge in [-0.3, -0.25) is 4.99 Å². The number of hydrogen-bond acceptors (Lipinski definition) is 3. The SMILES string of the molecule is CS(=O)(=O)NCCN=C(Nc1ccccc1)N1CCCCC1.I. The molecule has 0 bridgehead atoms. The predicted octanol–water partition coefficient (Wildman–Crippen LogP) is 2.11. The van der Waals surface area contributed by atoms with Crippen molar-refractivity contribution >= 4 is 45.6 Å². The van der Waals surface area contributed by atoms with Crippen molar-refractivity contribution in [2.24, 2.45) is 4.99 Å². The molecule has 0 saturated carbocycles. The third-order valence-corrected chi connectivity index (χ3v) is 4.15. The van der Waals surface area contributed by atoms with E-state index in [4.69, 9.17) is 0 Å². The van der Waals surface area contributed by atoms with Gasteiger partial charge in [0.2, 0.25) is 10.0 Å². The third-order valence-electron chi connectivity index (χ3n) is 3.42. The molecule has 1 fully saturated rings. The molecular formula is C15H25IN4O2S. The lowest BCUT2D eigenvalue weighted by molar-refractivity contribution is 0.340. The zero-order valence-electron chi connectivity index (χ0n) is 13.4. The normalized spacial score (nSPS) is 15.9. The van der Waals surface area contributed by atoms with Gasteiger partial charge in [0.25, 0.3) is 0 Å². The van der Waals surface area contributed by atoms with Gasteiger partial charge in [-0.25, -0.2) is 13.1 Å². The fraction of sp³-hybridized carbons (Fsp3) is 0.533. The second-order valence-electron chi connectivity index (χ2n) is 5.41. The largest absolute Gasteiger partial charge is 0.343 e. The average Bonchev–Trinajstić information content (AvgIpc) is 2.51. The maximum atomic E-state index is 11.1. The Hall–Kier alpha value is -0.870. The van der Waals surface area contributed by atoms with Gasteiger partial charge in [0.1, 0.15) is 0 Å². The van der Waals surface area contributed by atoms with Crippen molar-refractivity contribution in [1.82, 2.24) is 9.62 Å². The molecule has 1 aromatic rings. The minimum absolute atomic E-state index is 0. The van der Waals surface area contributed by atoms with Crippen molar-refractivity contribution < 1.29 is 8.42 Å². The Morgan fingerprint density at radius 2 is 1.83 bits per heavy atom. The first-order valence-electron chi connectivity index (χ1n) is 7.61. The van der Waals surface area contributed by atoms with Gasteiger partial charge in [0.05, 0.1) is 12.8 Å². The van der Waals surface area contributed by atoms with Gasteiger partial charge in [-0.2, -0.15) is 0 Å². The highest BCUT2D eigenvalue weighted by atomic mass is 127. The summed E-state index contributed by atoms with van der Waals surface area (Å²) in [4.78, 5) is 6.78. The van der Waals surface area contributed by atoms with E-state index >= 15 is 0 Å². The van der Waals surface area contributed by atoms with Crippen LogP contribution < -0.4 is 10.0 Å². The summed E-state index contributed by atoms with van der Waals surface area (Å²) in [5.41, 5.74) is 0.989. The summed E-state index contributed by atoms with van der Waals surface area (Å²) in [6.45, 7) is 2.70. The molecule has 1 saturated heterocycles. The minimum Gasteiger partial charge on any atom is -0.343 e. The van der Waals surface area contributed by atoms with E-state index in [2.05, 4.69) is 19.9 Å². The molecule has 1 aliphatic heterocycles. The first kappa shape index (κ1) is 20.2. The van der Waals surface area contributed by atoms with E-state index in [1.54, 1.807) is 0 Å². The van der Waals surface area contributed by atoms with Crippen LogP contribution >= 0.6 is 24.0 Å². The van der Waals surface area contributed by atoms with Crippen molar-refractivity contribution in [3.8, 4) is 0 Å². The lowest BCUT2D eigenvalue weighted by Gasteiger charge is -2.30. The number of nitrogens with one attached hydrogen (secondary N) is 2. The van der Waals surface area contributed by atoms with Crippen LogP contribution in [0.25, 0.3) is 0 Å². The van der Waals surface area contributed by atoms with Gasteiger partial charge < -0.3 is 10.2 Å². The highest BCUT2D eigenvalue weighted by Gasteiger charge is 2.14. The predicted molar refractivity (Wildman–Crippen MR) is 106 cm³/mol. The van der Waals surface area contributed by atoms with E-state index < -0.39 is 10.0 Å². The van der Waals surface area contributed by atoms with Gasteiger partial charge in [-0.1, -0.05) is 18.2 Å². The zero-order valence-corrected chi connectivity index (χ0v) is 16.5. The van der Waals surface area contributed by atoms with Crippen molar-refractivity contribution in [1.29, 1.82) is 0 Å². The van der Waals surface area contributed by atoms with Crippen LogP contribution in [0.1, 0.15) is 19.3 Å². The third kappa shape index (κ3) is 7.98. The molecule has 0 spiro atoms. The van der Waals surface area contributed by atoms with Gasteiger partial charge in [0.15, 0.2) is 5.96 Å². The standard InChI is InChI=1S/C15H24N4O2S.HI/c1-22(20,21)17-11-10-16-15(19-12-6-3-7-13-19)18-14-8-4-2-5-9-14;/h2,4-5,8-9,17H,3,6-7,10-13H2,1H3,(H,16,18);1H. The smallest absolute Gasteiger partial charge is 0.208 e. The summed E-state index contributed by atoms with van der Waals surface area (Å²) in [7, 11) is -3.16. The fourth-order valence-electron chi connectivity index (χ4n) is 2.37. The molecule has 2 N–H and O–H groups in total. The Morgan fingerprint density at radius 1 is 1.17 bits per heavy atom. The summed E-state index contributed by atoms with van der Waals surface area (Å²) in [6.07, 6.45) is 4.74. The summed E-state index contributed by atoms with van der Waals surface area (Å²) >= 11 is 0. The molecule has 0 unspecified atom stereocenters. The van der Waals surface area contributed by atoms with Crippen molar-refractivity contribution in [2.75, 3.05) is 37.8 Å². The number of likely N-dealkylation sites (tertiary alicyclic amines) is 1. The number of halogens is 1. The Kier molecular flexibility index (Phi) is 8.85. The van der Waals surface area contributed by atoms with Crippen LogP contribution in [0.5, 0.6) is 0 Å². The number of hydrogen-bond donors (Lipinski definition) is 2. The van der Waals surface area contributed by atoms with Gasteiger partial charge >= 0.3 is 0 Å². The first-order valence-corrected chi connectivity index (χ1v) is 9.50. The van der Waals surface area contributed by atoms with Crippen LogP contribution in [0.15, 0.2) is 35.3 Å². The van der Waals surface area contributed by atoms with Crippen LogP contribution in [0, 0.1) is 0 Å². The van der Waals surface area contributed by atoms with Gasteiger partial charge in [-0.15, -0.1) is 24.0 Å². The number of sulfonamides is 1. The molecule has 1 aromatic carbocycles. The monoisotopic (exact) mass is 452 g/mol. The first-order chi connectivity index (χ1) is 10.5. The van der Waals surface area contributed by atoms with E-state index in [9.17, 15) is 8.42 Å². The second-order valence-corrected chi connectivity index (χ2v) is 7.24. The van der Waals surface area contributed by atoms with Crippen molar-refractivity contribution in [3.05, 3.63) is 30.3 Å². The molecule has 0 aromatic heterocycles. The average molecular weight is 452 g/mol. The minimum atomic E-state index is -3.16. The fourth-order valence-corrected chi connectivity index (χ4v) is 2.83. The van der Waals surface area contributed by atoms with E-state index in [0.717, 1.165) is 43.8 Å². The number of guanidine groups is 1. The summed E-state index contributed by atoms with van der Waals surface area (Å²) in [6, 6.07) is 9.91. The lowest BCUT2D eigenvalue weighted by atomic mass is 10.1. The van der Waals surface area contributed by atoms with Crippen LogP contribution in [0.3, 0.4) is 0 Å². The van der Waals surface area contributed by atoms with E-state index in [1.807, 2.05) is 30.3 Å². The van der Waals surface area contributed by atoms with Gasteiger partial charge in [0, 0.05) is 25.3 Å². The molecule has 6 nitrogen and oxygen atoms in total. The van der Waals surface area contributed by atoms with Crippen LogP contribution in [0.2, 0.25) is 0 Å².